The van der Waals surface area contributed by atoms with Crippen molar-refractivity contribution >= 4 is 27.8 Å². The Morgan fingerprint density at radius 1 is 0.600 bits per heavy atom. The third kappa shape index (κ3) is 2.23. The number of benzene rings is 4. The van der Waals surface area contributed by atoms with E-state index in [1.54, 1.807) is 0 Å². The summed E-state index contributed by atoms with van der Waals surface area (Å²) < 4.78 is 7.07. The molecule has 6 aromatic rings. The molecule has 0 atom stereocenters. The second kappa shape index (κ2) is 6.33. The highest BCUT2D eigenvalue weighted by molar-refractivity contribution is 5.91. The number of aryl methyl sites for hydroxylation is 2. The van der Waals surface area contributed by atoms with Crippen molar-refractivity contribution in [2.45, 2.75) is 6.92 Å². The topological polar surface area (TPSA) is 13.2 Å². The molecule has 3 heteroatoms. The maximum absolute atomic E-state index is 2.40. The van der Waals surface area contributed by atoms with E-state index < -0.39 is 0 Å². The summed E-state index contributed by atoms with van der Waals surface area (Å²) in [6, 6.07) is 34.6. The van der Waals surface area contributed by atoms with Gasteiger partial charge in [0, 0.05) is 5.56 Å². The summed E-state index contributed by atoms with van der Waals surface area (Å²) in [6.45, 7) is 2.18. The van der Waals surface area contributed by atoms with Crippen molar-refractivity contribution in [1.29, 1.82) is 0 Å². The molecule has 0 amide bonds. The molecule has 0 spiro atoms. The van der Waals surface area contributed by atoms with Crippen molar-refractivity contribution in [2.24, 2.45) is 7.05 Å². The number of rotatable bonds is 2. The summed E-state index contributed by atoms with van der Waals surface area (Å²) in [7, 11) is 2.16. The molecule has 0 aliphatic carbocycles. The highest BCUT2D eigenvalue weighted by atomic mass is 15.3. The molecule has 0 saturated heterocycles. The molecule has 3 nitrogen and oxygen atoms in total. The van der Waals surface area contributed by atoms with E-state index >= 15 is 0 Å². The van der Waals surface area contributed by atoms with Gasteiger partial charge in [0.05, 0.1) is 7.05 Å². The van der Waals surface area contributed by atoms with Gasteiger partial charge in [0.2, 0.25) is 0 Å². The number of imidazole rings is 2. The van der Waals surface area contributed by atoms with Gasteiger partial charge >= 0.3 is 5.78 Å². The molecule has 6 rings (SSSR count). The van der Waals surface area contributed by atoms with Crippen LogP contribution in [-0.2, 0) is 7.05 Å². The van der Waals surface area contributed by atoms with Gasteiger partial charge in [-0.2, -0.15) is 8.97 Å². The molecular formula is C27H22N3+. The van der Waals surface area contributed by atoms with E-state index in [9.17, 15) is 0 Å². The monoisotopic (exact) mass is 388 g/mol. The quantitative estimate of drug-likeness (QED) is 0.331. The van der Waals surface area contributed by atoms with Crippen LogP contribution in [0, 0.1) is 6.92 Å². The fraction of sp³-hybridized carbons (Fsp3) is 0.0741. The molecule has 0 N–H and O–H groups in total. The van der Waals surface area contributed by atoms with Gasteiger partial charge in [0.1, 0.15) is 27.8 Å². The van der Waals surface area contributed by atoms with Crippen molar-refractivity contribution < 1.29 is 4.57 Å². The molecular weight excluding hydrogens is 366 g/mol. The van der Waals surface area contributed by atoms with Gasteiger partial charge in [-0.25, -0.2) is 4.57 Å². The second-order valence-electron chi connectivity index (χ2n) is 7.84. The summed E-state index contributed by atoms with van der Waals surface area (Å²) >= 11 is 0. The Kier molecular flexibility index (Phi) is 3.59. The number of nitrogens with zero attached hydrogens (tertiary/aromatic N) is 3. The Balaban J connectivity index is 1.82. The van der Waals surface area contributed by atoms with Gasteiger partial charge in [0.25, 0.3) is 0 Å². The zero-order valence-corrected chi connectivity index (χ0v) is 17.1. The SMILES string of the molecule is Cc1ccccc1-c1ccccc1-n1c2ccccc2n2c3ccccc3[n+](C)c12. The standard InChI is InChI=1S/C27H22N3/c1-19-11-3-4-12-20(19)21-13-5-6-14-22(21)29-25-17-9-10-18-26(25)30-24-16-8-7-15-23(24)28(2)27(29)30/h3-18H,1-2H3/q+1. The zero-order valence-electron chi connectivity index (χ0n) is 17.1. The molecule has 4 aromatic carbocycles. The van der Waals surface area contributed by atoms with Crippen LogP contribution in [0.1, 0.15) is 5.56 Å². The van der Waals surface area contributed by atoms with Crippen LogP contribution in [0.3, 0.4) is 0 Å². The smallest absolute Gasteiger partial charge is 0.230 e. The fourth-order valence-electron chi connectivity index (χ4n) is 4.75. The van der Waals surface area contributed by atoms with E-state index in [4.69, 9.17) is 0 Å². The fourth-order valence-corrected chi connectivity index (χ4v) is 4.75. The molecule has 0 fully saturated rings. The number of aromatic nitrogens is 3. The van der Waals surface area contributed by atoms with Crippen LogP contribution in [0.25, 0.3) is 44.7 Å². The number of para-hydroxylation sites is 5. The minimum Gasteiger partial charge on any atom is -0.230 e. The Hall–Kier alpha value is -3.85. The van der Waals surface area contributed by atoms with Crippen LogP contribution in [0.2, 0.25) is 0 Å². The van der Waals surface area contributed by atoms with E-state index in [0.717, 1.165) is 5.78 Å². The summed E-state index contributed by atoms with van der Waals surface area (Å²) in [5.74, 6) is 1.15. The van der Waals surface area contributed by atoms with Crippen molar-refractivity contribution in [1.82, 2.24) is 8.97 Å². The van der Waals surface area contributed by atoms with Gasteiger partial charge in [0.15, 0.2) is 0 Å². The third-order valence-electron chi connectivity index (χ3n) is 6.13. The van der Waals surface area contributed by atoms with Crippen LogP contribution in [0.4, 0.5) is 0 Å². The molecule has 0 radical (unpaired) electrons. The number of hydrogen-bond donors (Lipinski definition) is 0. The Bertz CT molecular complexity index is 1570. The predicted molar refractivity (Wildman–Crippen MR) is 123 cm³/mol. The van der Waals surface area contributed by atoms with E-state index in [0.29, 0.717) is 0 Å². The predicted octanol–water partition coefficient (Wildman–Crippen LogP) is 5.84. The summed E-state index contributed by atoms with van der Waals surface area (Å²) in [5, 5.41) is 0. The highest BCUT2D eigenvalue weighted by Crippen LogP contribution is 2.34. The van der Waals surface area contributed by atoms with Gasteiger partial charge in [-0.3, -0.25) is 0 Å². The largest absolute Gasteiger partial charge is 0.375 e. The molecule has 2 heterocycles. The summed E-state index contributed by atoms with van der Waals surface area (Å²) in [4.78, 5) is 0. The lowest BCUT2D eigenvalue weighted by Gasteiger charge is -2.11. The van der Waals surface area contributed by atoms with Crippen LogP contribution in [0.15, 0.2) is 97.1 Å². The average molecular weight is 388 g/mol. The van der Waals surface area contributed by atoms with E-state index in [1.165, 1.54) is 44.4 Å². The third-order valence-corrected chi connectivity index (χ3v) is 6.13. The van der Waals surface area contributed by atoms with E-state index in [-0.39, 0.29) is 0 Å². The molecule has 144 valence electrons. The minimum absolute atomic E-state index is 1.15. The maximum atomic E-state index is 2.40. The van der Waals surface area contributed by atoms with Gasteiger partial charge in [-0.15, -0.1) is 0 Å². The first-order chi connectivity index (χ1) is 14.8. The van der Waals surface area contributed by atoms with Crippen LogP contribution < -0.4 is 4.57 Å². The van der Waals surface area contributed by atoms with Gasteiger partial charge in [-0.1, -0.05) is 66.7 Å². The molecule has 30 heavy (non-hydrogen) atoms. The summed E-state index contributed by atoms with van der Waals surface area (Å²) in [5.41, 5.74) is 9.84. The Morgan fingerprint density at radius 3 is 2.00 bits per heavy atom. The maximum Gasteiger partial charge on any atom is 0.375 e. The van der Waals surface area contributed by atoms with Crippen LogP contribution in [0.5, 0.6) is 0 Å². The van der Waals surface area contributed by atoms with Gasteiger partial charge < -0.3 is 0 Å². The molecule has 0 bridgehead atoms. The Morgan fingerprint density at radius 2 is 1.20 bits per heavy atom. The first kappa shape index (κ1) is 17.0. The molecule has 0 aliphatic rings. The molecule has 0 unspecified atom stereocenters. The van der Waals surface area contributed by atoms with Crippen molar-refractivity contribution in [3.05, 3.63) is 103 Å². The second-order valence-corrected chi connectivity index (χ2v) is 7.84. The average Bonchev–Trinajstić information content (AvgIpc) is 3.28. The molecule has 2 aromatic heterocycles. The van der Waals surface area contributed by atoms with Crippen LogP contribution >= 0.6 is 0 Å². The Labute approximate surface area is 175 Å². The lowest BCUT2D eigenvalue weighted by molar-refractivity contribution is -0.620. The zero-order chi connectivity index (χ0) is 20.2. The number of hydrogen-bond acceptors (Lipinski definition) is 0. The first-order valence-corrected chi connectivity index (χ1v) is 10.3. The lowest BCUT2D eigenvalue weighted by Crippen LogP contribution is -2.29. The number of fused-ring (bicyclic) bond motifs is 5. The van der Waals surface area contributed by atoms with E-state index in [2.05, 4.69) is 125 Å². The van der Waals surface area contributed by atoms with Crippen molar-refractivity contribution in [3.63, 3.8) is 0 Å². The molecule has 0 saturated carbocycles. The lowest BCUT2D eigenvalue weighted by atomic mass is 9.99. The van der Waals surface area contributed by atoms with Gasteiger partial charge in [-0.05, 0) is 48.4 Å². The molecule has 0 aliphatic heterocycles. The van der Waals surface area contributed by atoms with Crippen molar-refractivity contribution in [2.75, 3.05) is 0 Å². The van der Waals surface area contributed by atoms with Crippen molar-refractivity contribution in [3.8, 4) is 16.8 Å². The van der Waals surface area contributed by atoms with E-state index in [1.807, 2.05) is 0 Å². The minimum atomic E-state index is 1.15. The van der Waals surface area contributed by atoms with Crippen LogP contribution in [-0.4, -0.2) is 8.97 Å². The summed E-state index contributed by atoms with van der Waals surface area (Å²) in [6.07, 6.45) is 0. The first-order valence-electron chi connectivity index (χ1n) is 10.3. The normalized spacial score (nSPS) is 11.7. The highest BCUT2D eigenvalue weighted by Gasteiger charge is 2.27.